The number of halogens is 2. The number of benzene rings is 2. The summed E-state index contributed by atoms with van der Waals surface area (Å²) in [5.74, 6) is -0.777. The van der Waals surface area contributed by atoms with Gasteiger partial charge in [0.15, 0.2) is 5.75 Å². The van der Waals surface area contributed by atoms with E-state index in [-0.39, 0.29) is 16.2 Å². The lowest BCUT2D eigenvalue weighted by molar-refractivity contribution is 0.0599. The van der Waals surface area contributed by atoms with Gasteiger partial charge in [-0.25, -0.2) is 4.79 Å². The molecule has 2 rings (SSSR count). The number of hydrogen-bond acceptors (Lipinski definition) is 5. The second kappa shape index (κ2) is 6.80. The van der Waals surface area contributed by atoms with E-state index in [0.29, 0.717) is 8.95 Å². The summed E-state index contributed by atoms with van der Waals surface area (Å²) in [7, 11) is -2.91. The van der Waals surface area contributed by atoms with Gasteiger partial charge < -0.3 is 8.92 Å². The van der Waals surface area contributed by atoms with E-state index in [9.17, 15) is 13.2 Å². The van der Waals surface area contributed by atoms with Gasteiger partial charge in [-0.05, 0) is 46.3 Å². The number of carbonyl (C=O) groups excluding carboxylic acids is 1. The van der Waals surface area contributed by atoms with Crippen molar-refractivity contribution in [3.63, 3.8) is 0 Å². The molecule has 0 aliphatic rings. The highest BCUT2D eigenvalue weighted by Crippen LogP contribution is 2.29. The van der Waals surface area contributed by atoms with Crippen LogP contribution in [-0.2, 0) is 14.9 Å². The van der Waals surface area contributed by atoms with Gasteiger partial charge in [-0.15, -0.1) is 0 Å². The molecule has 116 valence electrons. The van der Waals surface area contributed by atoms with Crippen molar-refractivity contribution in [2.45, 2.75) is 4.90 Å². The van der Waals surface area contributed by atoms with Crippen LogP contribution in [0.1, 0.15) is 10.4 Å². The summed E-state index contributed by atoms with van der Waals surface area (Å²) >= 11 is 6.38. The first-order valence-electron chi connectivity index (χ1n) is 5.92. The average molecular weight is 450 g/mol. The molecule has 0 heterocycles. The Morgan fingerprint density at radius 3 is 2.45 bits per heavy atom. The molecule has 0 fully saturated rings. The van der Waals surface area contributed by atoms with Crippen molar-refractivity contribution in [1.29, 1.82) is 0 Å². The van der Waals surface area contributed by atoms with Crippen molar-refractivity contribution in [3.05, 3.63) is 57.0 Å². The van der Waals surface area contributed by atoms with Gasteiger partial charge in [0.25, 0.3) is 0 Å². The minimum atomic E-state index is -4.12. The molecule has 0 atom stereocenters. The molecule has 2 aromatic carbocycles. The lowest BCUT2D eigenvalue weighted by Crippen LogP contribution is -2.13. The molecule has 0 aliphatic heterocycles. The molecule has 0 radical (unpaired) electrons. The Morgan fingerprint density at radius 2 is 1.77 bits per heavy atom. The summed E-state index contributed by atoms with van der Waals surface area (Å²) < 4.78 is 35.5. The van der Waals surface area contributed by atoms with Gasteiger partial charge in [0.2, 0.25) is 0 Å². The molecule has 0 saturated carbocycles. The molecule has 0 unspecified atom stereocenters. The van der Waals surface area contributed by atoms with Crippen molar-refractivity contribution in [1.82, 2.24) is 0 Å². The average Bonchev–Trinajstić information content (AvgIpc) is 2.49. The quantitative estimate of drug-likeness (QED) is 0.524. The van der Waals surface area contributed by atoms with Crippen LogP contribution < -0.4 is 4.18 Å². The van der Waals surface area contributed by atoms with Crippen LogP contribution in [0.15, 0.2) is 56.3 Å². The monoisotopic (exact) mass is 448 g/mol. The maximum atomic E-state index is 12.4. The first kappa shape index (κ1) is 17.0. The number of hydrogen-bond donors (Lipinski definition) is 0. The Balaban J connectivity index is 2.46. The van der Waals surface area contributed by atoms with E-state index in [1.54, 1.807) is 24.3 Å². The highest BCUT2D eigenvalue weighted by atomic mass is 79.9. The summed E-state index contributed by atoms with van der Waals surface area (Å²) in [6.45, 7) is 0. The SMILES string of the molecule is COC(=O)c1ccccc1OS(=O)(=O)c1cc(Br)ccc1Br. The van der Waals surface area contributed by atoms with Gasteiger partial charge >= 0.3 is 16.1 Å². The van der Waals surface area contributed by atoms with Crippen molar-refractivity contribution >= 4 is 47.9 Å². The standard InChI is InChI=1S/C14H10Br2O5S/c1-20-14(17)10-4-2-3-5-12(10)21-22(18,19)13-8-9(15)6-7-11(13)16/h2-8H,1H3. The Bertz CT molecular complexity index is 818. The first-order chi connectivity index (χ1) is 10.3. The van der Waals surface area contributed by atoms with Crippen LogP contribution in [0.25, 0.3) is 0 Å². The Labute approximate surface area is 144 Å². The molecule has 0 N–H and O–H groups in total. The molecular weight excluding hydrogens is 440 g/mol. The van der Waals surface area contributed by atoms with E-state index in [1.165, 1.54) is 25.3 Å². The first-order valence-corrected chi connectivity index (χ1v) is 8.91. The molecule has 0 aliphatic carbocycles. The Kier molecular flexibility index (Phi) is 5.25. The summed E-state index contributed by atoms with van der Waals surface area (Å²) in [4.78, 5) is 11.6. The summed E-state index contributed by atoms with van der Waals surface area (Å²) in [6.07, 6.45) is 0. The predicted octanol–water partition coefficient (Wildman–Crippen LogP) is 3.77. The van der Waals surface area contributed by atoms with Gasteiger partial charge in [0.05, 0.1) is 7.11 Å². The minimum absolute atomic E-state index is 0.0275. The fraction of sp³-hybridized carbons (Fsp3) is 0.0714. The van der Waals surface area contributed by atoms with Crippen LogP contribution in [0.3, 0.4) is 0 Å². The predicted molar refractivity (Wildman–Crippen MR) is 87.4 cm³/mol. The third kappa shape index (κ3) is 3.68. The number of methoxy groups -OCH3 is 1. The largest absolute Gasteiger partial charge is 0.465 e. The Morgan fingerprint density at radius 1 is 1.09 bits per heavy atom. The fourth-order valence-corrected chi connectivity index (χ4v) is 4.05. The van der Waals surface area contributed by atoms with Crippen LogP contribution in [0.4, 0.5) is 0 Å². The van der Waals surface area contributed by atoms with E-state index in [2.05, 4.69) is 36.6 Å². The third-order valence-electron chi connectivity index (χ3n) is 2.65. The number of carbonyl (C=O) groups is 1. The molecule has 0 saturated heterocycles. The van der Waals surface area contributed by atoms with Crippen molar-refractivity contribution in [2.75, 3.05) is 7.11 Å². The zero-order chi connectivity index (χ0) is 16.3. The van der Waals surface area contributed by atoms with Crippen molar-refractivity contribution in [2.24, 2.45) is 0 Å². The van der Waals surface area contributed by atoms with Gasteiger partial charge in [0.1, 0.15) is 10.5 Å². The summed E-state index contributed by atoms with van der Waals surface area (Å²) in [6, 6.07) is 10.6. The van der Waals surface area contributed by atoms with Crippen LogP contribution >= 0.6 is 31.9 Å². The number of rotatable bonds is 4. The molecule has 22 heavy (non-hydrogen) atoms. The molecular formula is C14H10Br2O5S. The minimum Gasteiger partial charge on any atom is -0.465 e. The van der Waals surface area contributed by atoms with Crippen LogP contribution in [0.2, 0.25) is 0 Å². The van der Waals surface area contributed by atoms with E-state index >= 15 is 0 Å². The molecule has 2 aromatic rings. The molecule has 0 spiro atoms. The lowest BCUT2D eigenvalue weighted by atomic mass is 10.2. The van der Waals surface area contributed by atoms with Gasteiger partial charge in [-0.1, -0.05) is 28.1 Å². The van der Waals surface area contributed by atoms with Crippen LogP contribution in [0.5, 0.6) is 5.75 Å². The maximum Gasteiger partial charge on any atom is 0.341 e. The molecule has 8 heteroatoms. The second-order valence-electron chi connectivity index (χ2n) is 4.10. The van der Waals surface area contributed by atoms with E-state index in [1.807, 2.05) is 0 Å². The zero-order valence-electron chi connectivity index (χ0n) is 11.2. The molecule has 0 bridgehead atoms. The summed E-state index contributed by atoms with van der Waals surface area (Å²) in [5, 5.41) is 0. The number of esters is 1. The van der Waals surface area contributed by atoms with Gasteiger partial charge in [0, 0.05) is 8.95 Å². The highest BCUT2D eigenvalue weighted by molar-refractivity contribution is 9.11. The Hall–Kier alpha value is -1.38. The van der Waals surface area contributed by atoms with E-state index < -0.39 is 16.1 Å². The van der Waals surface area contributed by atoms with Crippen LogP contribution in [-0.4, -0.2) is 21.5 Å². The van der Waals surface area contributed by atoms with Crippen molar-refractivity contribution < 1.29 is 22.1 Å². The van der Waals surface area contributed by atoms with Crippen LogP contribution in [0, 0.1) is 0 Å². The second-order valence-corrected chi connectivity index (χ2v) is 7.38. The normalized spacial score (nSPS) is 11.0. The van der Waals surface area contributed by atoms with Gasteiger partial charge in [-0.2, -0.15) is 8.42 Å². The number of para-hydroxylation sites is 1. The highest BCUT2D eigenvalue weighted by Gasteiger charge is 2.23. The number of ether oxygens (including phenoxy) is 1. The van der Waals surface area contributed by atoms with E-state index in [0.717, 1.165) is 0 Å². The fourth-order valence-electron chi connectivity index (χ4n) is 1.65. The molecule has 0 amide bonds. The lowest BCUT2D eigenvalue weighted by Gasteiger charge is -2.11. The summed E-state index contributed by atoms with van der Waals surface area (Å²) in [5.41, 5.74) is 0.0275. The smallest absolute Gasteiger partial charge is 0.341 e. The third-order valence-corrected chi connectivity index (χ3v) is 5.38. The maximum absolute atomic E-state index is 12.4. The zero-order valence-corrected chi connectivity index (χ0v) is 15.2. The van der Waals surface area contributed by atoms with E-state index in [4.69, 9.17) is 4.18 Å². The van der Waals surface area contributed by atoms with Gasteiger partial charge in [-0.3, -0.25) is 0 Å². The molecule has 0 aromatic heterocycles. The topological polar surface area (TPSA) is 69.7 Å². The van der Waals surface area contributed by atoms with Crippen molar-refractivity contribution in [3.8, 4) is 5.75 Å². The molecule has 5 nitrogen and oxygen atoms in total.